The minimum absolute atomic E-state index is 0.0373. The van der Waals surface area contributed by atoms with Crippen LogP contribution in [0.1, 0.15) is 23.6 Å². The van der Waals surface area contributed by atoms with Gasteiger partial charge in [-0.1, -0.05) is 42.5 Å². The minimum atomic E-state index is -0.375. The summed E-state index contributed by atoms with van der Waals surface area (Å²) in [5.74, 6) is 0.823. The van der Waals surface area contributed by atoms with E-state index in [9.17, 15) is 9.59 Å². The fourth-order valence-corrected chi connectivity index (χ4v) is 3.93. The first-order valence-corrected chi connectivity index (χ1v) is 10.5. The molecule has 4 aromatic rings. The fourth-order valence-electron chi connectivity index (χ4n) is 3.93. The Labute approximate surface area is 185 Å². The first-order chi connectivity index (χ1) is 15.5. The molecule has 0 saturated carbocycles. The van der Waals surface area contributed by atoms with Gasteiger partial charge in [0.25, 0.3) is 5.56 Å². The van der Waals surface area contributed by atoms with Crippen molar-refractivity contribution in [3.63, 3.8) is 0 Å². The van der Waals surface area contributed by atoms with Crippen LogP contribution in [0.15, 0.2) is 70.5 Å². The summed E-state index contributed by atoms with van der Waals surface area (Å²) in [6, 6.07) is 18.4. The van der Waals surface area contributed by atoms with Crippen LogP contribution in [0.4, 0.5) is 0 Å². The van der Waals surface area contributed by atoms with Crippen molar-refractivity contribution in [2.75, 3.05) is 13.7 Å². The van der Waals surface area contributed by atoms with Gasteiger partial charge in [0, 0.05) is 20.6 Å². The molecule has 2 aromatic carbocycles. The molecule has 0 aliphatic carbocycles. The third-order valence-corrected chi connectivity index (χ3v) is 5.72. The van der Waals surface area contributed by atoms with Gasteiger partial charge in [-0.05, 0) is 36.2 Å². The van der Waals surface area contributed by atoms with E-state index in [4.69, 9.17) is 4.74 Å². The summed E-state index contributed by atoms with van der Waals surface area (Å²) in [6.07, 6.45) is 2.42. The van der Waals surface area contributed by atoms with Crippen LogP contribution in [0.5, 0.6) is 5.75 Å². The highest BCUT2D eigenvalue weighted by atomic mass is 16.5. The average molecular weight is 434 g/mol. The fraction of sp³-hybridized carbons (Fsp3) is 0.292. The number of fused-ring (bicyclic) bond motifs is 1. The van der Waals surface area contributed by atoms with Gasteiger partial charge in [0.15, 0.2) is 11.2 Å². The average Bonchev–Trinajstić information content (AvgIpc) is 3.26. The van der Waals surface area contributed by atoms with E-state index in [2.05, 4.69) is 34.6 Å². The summed E-state index contributed by atoms with van der Waals surface area (Å²) in [6.45, 7) is 1.35. The first kappa shape index (κ1) is 21.6. The van der Waals surface area contributed by atoms with Crippen molar-refractivity contribution in [1.29, 1.82) is 0 Å². The molecule has 2 aromatic heterocycles. The Bertz CT molecular complexity index is 1320. The van der Waals surface area contributed by atoms with E-state index < -0.39 is 0 Å². The van der Waals surface area contributed by atoms with Crippen LogP contribution >= 0.6 is 0 Å². The molecule has 4 rings (SSSR count). The third-order valence-electron chi connectivity index (χ3n) is 5.72. The molecular weight excluding hydrogens is 406 g/mol. The largest absolute Gasteiger partial charge is 0.497 e. The van der Waals surface area contributed by atoms with Gasteiger partial charge < -0.3 is 14.6 Å². The second kappa shape index (κ2) is 9.23. The lowest BCUT2D eigenvalue weighted by atomic mass is 9.98. The Morgan fingerprint density at radius 3 is 2.34 bits per heavy atom. The molecule has 0 spiro atoms. The van der Waals surface area contributed by atoms with Crippen molar-refractivity contribution >= 4 is 11.2 Å². The molecule has 0 fully saturated rings. The van der Waals surface area contributed by atoms with Crippen molar-refractivity contribution in [2.24, 2.45) is 14.1 Å². The lowest BCUT2D eigenvalue weighted by Crippen LogP contribution is -2.37. The SMILES string of the molecule is COc1ccc(C(NCCCn2cnc3c2c(=O)n(C)c(=O)n3C)c2ccccc2)cc1. The summed E-state index contributed by atoms with van der Waals surface area (Å²) >= 11 is 0. The number of hydrogen-bond acceptors (Lipinski definition) is 5. The van der Waals surface area contributed by atoms with E-state index in [0.717, 1.165) is 28.8 Å². The zero-order valence-corrected chi connectivity index (χ0v) is 18.5. The van der Waals surface area contributed by atoms with Gasteiger partial charge in [-0.25, -0.2) is 9.78 Å². The topological polar surface area (TPSA) is 83.1 Å². The summed E-state index contributed by atoms with van der Waals surface area (Å²) in [7, 11) is 4.78. The van der Waals surface area contributed by atoms with Crippen LogP contribution < -0.4 is 21.3 Å². The number of benzene rings is 2. The van der Waals surface area contributed by atoms with Gasteiger partial charge in [-0.3, -0.25) is 13.9 Å². The molecule has 166 valence electrons. The zero-order chi connectivity index (χ0) is 22.7. The highest BCUT2D eigenvalue weighted by molar-refractivity contribution is 5.69. The van der Waals surface area contributed by atoms with Crippen LogP contribution in [0.25, 0.3) is 11.2 Å². The second-order valence-corrected chi connectivity index (χ2v) is 7.74. The molecule has 1 unspecified atom stereocenters. The Kier molecular flexibility index (Phi) is 6.23. The summed E-state index contributed by atoms with van der Waals surface area (Å²) < 4.78 is 9.63. The molecule has 1 N–H and O–H groups in total. The number of methoxy groups -OCH3 is 1. The van der Waals surface area contributed by atoms with Crippen LogP contribution in [0.2, 0.25) is 0 Å². The zero-order valence-electron chi connectivity index (χ0n) is 18.5. The molecule has 0 aliphatic rings. The standard InChI is InChI=1S/C24H27N5O3/c1-27-22-21(23(30)28(2)24(27)31)29(16-26-22)15-7-14-25-20(17-8-5-4-6-9-17)18-10-12-19(32-3)13-11-18/h4-6,8-13,16,20,25H,7,14-15H2,1-3H3. The van der Waals surface area contributed by atoms with Gasteiger partial charge in [0.2, 0.25) is 0 Å². The highest BCUT2D eigenvalue weighted by Gasteiger charge is 2.15. The number of ether oxygens (including phenoxy) is 1. The number of rotatable bonds is 8. The molecule has 2 heterocycles. The summed E-state index contributed by atoms with van der Waals surface area (Å²) in [5, 5.41) is 3.63. The van der Waals surface area contributed by atoms with Gasteiger partial charge in [0.05, 0.1) is 19.5 Å². The Morgan fingerprint density at radius 2 is 1.66 bits per heavy atom. The van der Waals surface area contributed by atoms with E-state index >= 15 is 0 Å². The number of aryl methyl sites for hydroxylation is 2. The maximum Gasteiger partial charge on any atom is 0.332 e. The summed E-state index contributed by atoms with van der Waals surface area (Å²) in [4.78, 5) is 29.0. The molecule has 0 amide bonds. The third kappa shape index (κ3) is 4.09. The molecule has 0 bridgehead atoms. The predicted molar refractivity (Wildman–Crippen MR) is 124 cm³/mol. The van der Waals surface area contributed by atoms with E-state index in [1.807, 2.05) is 34.9 Å². The lowest BCUT2D eigenvalue weighted by Gasteiger charge is -2.20. The number of imidazole rings is 1. The highest BCUT2D eigenvalue weighted by Crippen LogP contribution is 2.24. The van der Waals surface area contributed by atoms with Crippen LogP contribution in [-0.4, -0.2) is 32.3 Å². The van der Waals surface area contributed by atoms with Gasteiger partial charge in [-0.2, -0.15) is 0 Å². The van der Waals surface area contributed by atoms with E-state index in [-0.39, 0.29) is 17.3 Å². The van der Waals surface area contributed by atoms with E-state index in [0.29, 0.717) is 17.7 Å². The van der Waals surface area contributed by atoms with Crippen LogP contribution in [0.3, 0.4) is 0 Å². The molecule has 8 heteroatoms. The smallest absolute Gasteiger partial charge is 0.332 e. The Balaban J connectivity index is 1.50. The molecule has 8 nitrogen and oxygen atoms in total. The number of hydrogen-bond donors (Lipinski definition) is 1. The van der Waals surface area contributed by atoms with Crippen molar-refractivity contribution in [3.05, 3.63) is 92.9 Å². The van der Waals surface area contributed by atoms with Crippen LogP contribution in [0, 0.1) is 0 Å². The maximum atomic E-state index is 12.6. The summed E-state index contributed by atoms with van der Waals surface area (Å²) in [5.41, 5.74) is 2.48. The van der Waals surface area contributed by atoms with Crippen molar-refractivity contribution in [2.45, 2.75) is 19.0 Å². The predicted octanol–water partition coefficient (Wildman–Crippen LogP) is 2.21. The van der Waals surface area contributed by atoms with Gasteiger partial charge in [-0.15, -0.1) is 0 Å². The molecule has 0 radical (unpaired) electrons. The molecule has 0 aliphatic heterocycles. The molecule has 0 saturated heterocycles. The van der Waals surface area contributed by atoms with Gasteiger partial charge in [0.1, 0.15) is 5.75 Å². The molecule has 1 atom stereocenters. The van der Waals surface area contributed by atoms with Gasteiger partial charge >= 0.3 is 5.69 Å². The number of nitrogens with zero attached hydrogens (tertiary/aromatic N) is 4. The number of aromatic nitrogens is 4. The Hall–Kier alpha value is -3.65. The first-order valence-electron chi connectivity index (χ1n) is 10.5. The van der Waals surface area contributed by atoms with Crippen molar-refractivity contribution in [1.82, 2.24) is 24.0 Å². The van der Waals surface area contributed by atoms with E-state index in [1.54, 1.807) is 20.5 Å². The quantitative estimate of drug-likeness (QED) is 0.431. The second-order valence-electron chi connectivity index (χ2n) is 7.74. The van der Waals surface area contributed by atoms with Crippen molar-refractivity contribution in [3.8, 4) is 5.75 Å². The lowest BCUT2D eigenvalue weighted by molar-refractivity contribution is 0.414. The maximum absolute atomic E-state index is 12.6. The normalized spacial score (nSPS) is 12.2. The van der Waals surface area contributed by atoms with Crippen molar-refractivity contribution < 1.29 is 4.74 Å². The molecule has 32 heavy (non-hydrogen) atoms. The monoisotopic (exact) mass is 433 g/mol. The minimum Gasteiger partial charge on any atom is -0.497 e. The van der Waals surface area contributed by atoms with E-state index in [1.165, 1.54) is 17.2 Å². The molecular formula is C24H27N5O3. The number of nitrogens with one attached hydrogen (secondary N) is 1. The Morgan fingerprint density at radius 1 is 0.969 bits per heavy atom. The van der Waals surface area contributed by atoms with Crippen LogP contribution in [-0.2, 0) is 20.6 Å².